The molecule has 4 rings (SSSR count). The van der Waals surface area contributed by atoms with Gasteiger partial charge in [0.15, 0.2) is 0 Å². The predicted octanol–water partition coefficient (Wildman–Crippen LogP) is 3.96. The van der Waals surface area contributed by atoms with Crippen molar-refractivity contribution in [3.05, 3.63) is 67.0 Å². The van der Waals surface area contributed by atoms with Crippen molar-refractivity contribution in [2.24, 2.45) is 0 Å². The topological polar surface area (TPSA) is 117 Å². The van der Waals surface area contributed by atoms with E-state index in [1.165, 1.54) is 19.4 Å². The van der Waals surface area contributed by atoms with E-state index in [2.05, 4.69) is 27.1 Å². The zero-order chi connectivity index (χ0) is 31.3. The Morgan fingerprint density at radius 3 is 2.44 bits per heavy atom. The lowest BCUT2D eigenvalue weighted by Crippen LogP contribution is -2.29. The van der Waals surface area contributed by atoms with Crippen molar-refractivity contribution in [3.8, 4) is 17.0 Å². The van der Waals surface area contributed by atoms with E-state index < -0.39 is 5.97 Å². The summed E-state index contributed by atoms with van der Waals surface area (Å²) in [6, 6.07) is 11.5. The van der Waals surface area contributed by atoms with Crippen molar-refractivity contribution in [1.29, 1.82) is 0 Å². The number of aromatic nitrogens is 3. The van der Waals surface area contributed by atoms with E-state index in [1.807, 2.05) is 86.4 Å². The molecule has 0 saturated heterocycles. The number of likely N-dealkylation sites (N-methyl/N-ethyl adjacent to an activating group) is 2. The number of methoxy groups -OCH3 is 2. The minimum atomic E-state index is -0.555. The fraction of sp³-hybridized carbons (Fsp3) is 0.290. The molecule has 4 aromatic rings. The van der Waals surface area contributed by atoms with Gasteiger partial charge >= 0.3 is 5.97 Å². The zero-order valence-electron chi connectivity index (χ0n) is 25.6. The van der Waals surface area contributed by atoms with Crippen molar-refractivity contribution in [3.63, 3.8) is 0 Å². The maximum atomic E-state index is 12.8. The van der Waals surface area contributed by atoms with Crippen LogP contribution in [0.3, 0.4) is 0 Å². The second kappa shape index (κ2) is 13.3. The quantitative estimate of drug-likeness (QED) is 0.187. The first-order valence-electron chi connectivity index (χ1n) is 13.6. The van der Waals surface area contributed by atoms with E-state index in [-0.39, 0.29) is 17.4 Å². The molecule has 226 valence electrons. The van der Waals surface area contributed by atoms with Gasteiger partial charge in [0, 0.05) is 63.6 Å². The zero-order valence-corrected chi connectivity index (χ0v) is 25.6. The molecular weight excluding hydrogens is 548 g/mol. The van der Waals surface area contributed by atoms with Crippen molar-refractivity contribution in [1.82, 2.24) is 19.5 Å². The van der Waals surface area contributed by atoms with Crippen LogP contribution in [0.25, 0.3) is 22.2 Å². The van der Waals surface area contributed by atoms with Crippen LogP contribution in [-0.4, -0.2) is 94.0 Å². The van der Waals surface area contributed by atoms with Gasteiger partial charge in [-0.1, -0.05) is 24.8 Å². The number of carbonyl (C=O) groups is 2. The van der Waals surface area contributed by atoms with E-state index in [1.54, 1.807) is 13.2 Å². The average Bonchev–Trinajstić information content (AvgIpc) is 3.39. The lowest BCUT2D eigenvalue weighted by atomic mass is 10.1. The Balaban J connectivity index is 1.83. The van der Waals surface area contributed by atoms with Crippen LogP contribution in [-0.2, 0) is 9.53 Å². The lowest BCUT2D eigenvalue weighted by molar-refractivity contribution is -0.111. The van der Waals surface area contributed by atoms with Gasteiger partial charge in [0.1, 0.15) is 11.3 Å². The molecule has 0 aliphatic rings. The number of hydrogen-bond acceptors (Lipinski definition) is 10. The number of ether oxygens (including phenoxy) is 2. The fourth-order valence-corrected chi connectivity index (χ4v) is 4.62. The summed E-state index contributed by atoms with van der Waals surface area (Å²) in [4.78, 5) is 38.5. The third-order valence-corrected chi connectivity index (χ3v) is 6.87. The Bertz CT molecular complexity index is 1650. The van der Waals surface area contributed by atoms with Crippen LogP contribution in [0.15, 0.2) is 61.4 Å². The summed E-state index contributed by atoms with van der Waals surface area (Å²) in [5.74, 6) is -0.177. The standard InChI is InChI=1S/C31H38N8O4/c1-9-28(40)33-23-16-24(27(42-7)17-26(23)38(6)15-14-36(2)3)34-31-32-18-21(30(41)43-8)29(35-31)22-19-39(37(4)5)25-13-11-10-12-20(22)25/h9-13,16-19H,1,14-15H2,2-8H3,(H,33,40)(H,32,34,35). The third-order valence-electron chi connectivity index (χ3n) is 6.87. The number of nitrogens with one attached hydrogen (secondary N) is 2. The smallest absolute Gasteiger partial charge is 0.341 e. The molecule has 43 heavy (non-hydrogen) atoms. The minimum absolute atomic E-state index is 0.220. The molecule has 0 atom stereocenters. The van der Waals surface area contributed by atoms with Gasteiger partial charge in [0.25, 0.3) is 0 Å². The summed E-state index contributed by atoms with van der Waals surface area (Å²) in [7, 11) is 12.7. The van der Waals surface area contributed by atoms with Crippen molar-refractivity contribution >= 4 is 45.8 Å². The first-order chi connectivity index (χ1) is 20.6. The maximum absolute atomic E-state index is 12.8. The molecule has 2 N–H and O–H groups in total. The Morgan fingerprint density at radius 2 is 1.79 bits per heavy atom. The van der Waals surface area contributed by atoms with E-state index in [9.17, 15) is 9.59 Å². The molecule has 0 saturated carbocycles. The third kappa shape index (κ3) is 6.70. The molecule has 0 aliphatic heterocycles. The molecule has 2 heterocycles. The number of nitrogens with zero attached hydrogens (tertiary/aromatic N) is 6. The molecule has 2 aromatic heterocycles. The number of rotatable bonds is 12. The predicted molar refractivity (Wildman–Crippen MR) is 171 cm³/mol. The van der Waals surface area contributed by atoms with E-state index in [4.69, 9.17) is 14.5 Å². The highest BCUT2D eigenvalue weighted by molar-refractivity contribution is 6.04. The van der Waals surface area contributed by atoms with Gasteiger partial charge in [0.05, 0.1) is 42.5 Å². The van der Waals surface area contributed by atoms with E-state index in [0.717, 1.165) is 28.7 Å². The van der Waals surface area contributed by atoms with Crippen molar-refractivity contribution < 1.29 is 19.1 Å². The Kier molecular flexibility index (Phi) is 9.51. The molecule has 0 fully saturated rings. The second-order valence-corrected chi connectivity index (χ2v) is 10.3. The van der Waals surface area contributed by atoms with Gasteiger partial charge in [-0.2, -0.15) is 0 Å². The molecule has 1 amide bonds. The first-order valence-corrected chi connectivity index (χ1v) is 13.6. The van der Waals surface area contributed by atoms with Crippen LogP contribution in [0.1, 0.15) is 10.4 Å². The summed E-state index contributed by atoms with van der Waals surface area (Å²) in [6.45, 7) is 5.10. The molecule has 12 heteroatoms. The Morgan fingerprint density at radius 1 is 1.05 bits per heavy atom. The fourth-order valence-electron chi connectivity index (χ4n) is 4.62. The summed E-state index contributed by atoms with van der Waals surface area (Å²) >= 11 is 0. The molecule has 0 bridgehead atoms. The molecule has 0 spiro atoms. The van der Waals surface area contributed by atoms with E-state index in [0.29, 0.717) is 29.4 Å². The number of benzene rings is 2. The SMILES string of the molecule is C=CC(=O)Nc1cc(Nc2ncc(C(=O)OC)c(-c3cn(N(C)C)c4ccccc34)n2)c(OC)cc1N(C)CCN(C)C. The normalized spacial score (nSPS) is 10.9. The average molecular weight is 587 g/mol. The Labute approximate surface area is 251 Å². The van der Waals surface area contributed by atoms with Crippen LogP contribution < -0.4 is 25.3 Å². The molecule has 2 aromatic carbocycles. The number of carbonyl (C=O) groups excluding carboxylic acids is 2. The van der Waals surface area contributed by atoms with Gasteiger partial charge in [-0.25, -0.2) is 14.8 Å². The summed E-state index contributed by atoms with van der Waals surface area (Å²) < 4.78 is 12.8. The van der Waals surface area contributed by atoms with Crippen molar-refractivity contribution in [2.45, 2.75) is 0 Å². The number of fused-ring (bicyclic) bond motifs is 1. The van der Waals surface area contributed by atoms with Gasteiger partial charge < -0.3 is 34.9 Å². The summed E-state index contributed by atoms with van der Waals surface area (Å²) in [6.07, 6.45) is 4.58. The highest BCUT2D eigenvalue weighted by Crippen LogP contribution is 2.39. The Hall–Kier alpha value is -5.10. The summed E-state index contributed by atoms with van der Waals surface area (Å²) in [5, 5.41) is 8.96. The van der Waals surface area contributed by atoms with Gasteiger partial charge in [-0.05, 0) is 32.3 Å². The maximum Gasteiger partial charge on any atom is 0.341 e. The van der Waals surface area contributed by atoms with Crippen LogP contribution in [0.4, 0.5) is 23.0 Å². The summed E-state index contributed by atoms with van der Waals surface area (Å²) in [5.41, 5.74) is 4.13. The first kappa shape index (κ1) is 30.8. The molecule has 0 radical (unpaired) electrons. The number of para-hydroxylation sites is 1. The molecule has 0 unspecified atom stereocenters. The van der Waals surface area contributed by atoms with Crippen LogP contribution in [0, 0.1) is 0 Å². The van der Waals surface area contributed by atoms with Crippen LogP contribution in [0.5, 0.6) is 5.75 Å². The van der Waals surface area contributed by atoms with Gasteiger partial charge in [-0.15, -0.1) is 0 Å². The number of esters is 1. The lowest BCUT2D eigenvalue weighted by Gasteiger charge is -2.26. The molecule has 0 aliphatic carbocycles. The van der Waals surface area contributed by atoms with Crippen molar-refractivity contribution in [2.75, 3.05) is 83.1 Å². The second-order valence-electron chi connectivity index (χ2n) is 10.3. The number of hydrogen-bond donors (Lipinski definition) is 2. The molecule has 12 nitrogen and oxygen atoms in total. The number of amides is 1. The van der Waals surface area contributed by atoms with Gasteiger partial charge in [0.2, 0.25) is 11.9 Å². The highest BCUT2D eigenvalue weighted by Gasteiger charge is 2.22. The van der Waals surface area contributed by atoms with Crippen LogP contribution >= 0.6 is 0 Å². The highest BCUT2D eigenvalue weighted by atomic mass is 16.5. The minimum Gasteiger partial charge on any atom is -0.494 e. The number of anilines is 4. The van der Waals surface area contributed by atoms with Gasteiger partial charge in [-0.3, -0.25) is 9.47 Å². The van der Waals surface area contributed by atoms with Crippen LogP contribution in [0.2, 0.25) is 0 Å². The monoisotopic (exact) mass is 586 g/mol. The van der Waals surface area contributed by atoms with E-state index >= 15 is 0 Å². The molecular formula is C31H38N8O4. The largest absolute Gasteiger partial charge is 0.494 e.